The van der Waals surface area contributed by atoms with E-state index < -0.39 is 18.4 Å². The van der Waals surface area contributed by atoms with Crippen molar-refractivity contribution in [3.05, 3.63) is 129 Å². The lowest BCUT2D eigenvalue weighted by Crippen LogP contribution is -2.29. The first-order valence-electron chi connectivity index (χ1n) is 12.5. The van der Waals surface area contributed by atoms with Crippen LogP contribution in [0.15, 0.2) is 95.0 Å². The zero-order valence-corrected chi connectivity index (χ0v) is 22.0. The Balaban J connectivity index is 1.64. The quantitative estimate of drug-likeness (QED) is 0.161. The van der Waals surface area contributed by atoms with Gasteiger partial charge in [0.05, 0.1) is 5.71 Å². The molecule has 1 aromatic heterocycles. The van der Waals surface area contributed by atoms with Gasteiger partial charge >= 0.3 is 5.97 Å². The Bertz CT molecular complexity index is 1630. The average molecular weight is 542 g/mol. The molecule has 0 spiro atoms. The number of halogens is 1. The van der Waals surface area contributed by atoms with Crippen LogP contribution in [-0.4, -0.2) is 39.0 Å². The van der Waals surface area contributed by atoms with Crippen LogP contribution < -0.4 is 10.9 Å². The van der Waals surface area contributed by atoms with Crippen LogP contribution in [0.1, 0.15) is 45.0 Å². The number of carboxylic acids is 1. The predicted octanol–water partition coefficient (Wildman–Crippen LogP) is 4.71. The van der Waals surface area contributed by atoms with Gasteiger partial charge in [-0.05, 0) is 65.1 Å². The zero-order valence-electron chi connectivity index (χ0n) is 22.0. The predicted molar refractivity (Wildman–Crippen MR) is 149 cm³/mol. The first-order chi connectivity index (χ1) is 19.2. The van der Waals surface area contributed by atoms with Crippen LogP contribution in [0.4, 0.5) is 4.39 Å². The summed E-state index contributed by atoms with van der Waals surface area (Å²) in [4.78, 5) is 34.7. The second-order valence-electron chi connectivity index (χ2n) is 9.45. The second-order valence-corrected chi connectivity index (χ2v) is 9.45. The van der Waals surface area contributed by atoms with Gasteiger partial charge in [-0.25, -0.2) is 4.39 Å². The highest BCUT2D eigenvalue weighted by molar-refractivity contribution is 6.00. The van der Waals surface area contributed by atoms with Crippen LogP contribution in [0, 0.1) is 12.7 Å². The summed E-state index contributed by atoms with van der Waals surface area (Å²) in [5.74, 6) is -2.21. The number of carbonyl (C=O) groups is 2. The van der Waals surface area contributed by atoms with Crippen molar-refractivity contribution >= 4 is 17.6 Å². The maximum Gasteiger partial charge on any atom is 0.322 e. The van der Waals surface area contributed by atoms with Gasteiger partial charge in [0.1, 0.15) is 12.4 Å². The molecule has 3 N–H and O–H groups in total. The largest absolute Gasteiger partial charge is 0.480 e. The van der Waals surface area contributed by atoms with Gasteiger partial charge in [-0.1, -0.05) is 47.6 Å². The van der Waals surface area contributed by atoms with E-state index in [9.17, 15) is 24.0 Å². The highest BCUT2D eigenvalue weighted by Gasteiger charge is 2.21. The summed E-state index contributed by atoms with van der Waals surface area (Å²) in [6.07, 6.45) is 1.90. The molecule has 0 fully saturated rings. The van der Waals surface area contributed by atoms with Crippen molar-refractivity contribution in [3.63, 3.8) is 0 Å². The number of pyridine rings is 1. The van der Waals surface area contributed by atoms with E-state index in [1.54, 1.807) is 49.6 Å². The molecule has 1 atom stereocenters. The van der Waals surface area contributed by atoms with Crippen molar-refractivity contribution in [3.8, 4) is 11.1 Å². The smallest absolute Gasteiger partial charge is 0.322 e. The summed E-state index contributed by atoms with van der Waals surface area (Å²) in [6, 6.07) is 22.2. The molecule has 204 valence electrons. The lowest BCUT2D eigenvalue weighted by atomic mass is 9.83. The Hall–Kier alpha value is -5.05. The number of rotatable bonds is 9. The van der Waals surface area contributed by atoms with E-state index in [1.165, 1.54) is 22.8 Å². The van der Waals surface area contributed by atoms with Crippen LogP contribution >= 0.6 is 0 Å². The number of aryl methyl sites for hydroxylation is 2. The van der Waals surface area contributed by atoms with Crippen molar-refractivity contribution in [1.29, 1.82) is 0 Å². The number of amides is 1. The summed E-state index contributed by atoms with van der Waals surface area (Å²) < 4.78 is 15.4. The van der Waals surface area contributed by atoms with Crippen molar-refractivity contribution in [2.75, 3.05) is 6.54 Å². The number of aromatic nitrogens is 1. The molecule has 0 saturated carbocycles. The maximum absolute atomic E-state index is 13.9. The van der Waals surface area contributed by atoms with E-state index in [2.05, 4.69) is 10.5 Å². The number of hydrogen-bond donors (Lipinski definition) is 3. The number of aliphatic carboxylic acids is 1. The molecule has 0 bridgehead atoms. The molecule has 0 radical (unpaired) electrons. The second kappa shape index (κ2) is 12.2. The Morgan fingerprint density at radius 1 is 0.950 bits per heavy atom. The van der Waals surface area contributed by atoms with Gasteiger partial charge < -0.3 is 20.2 Å². The van der Waals surface area contributed by atoms with Crippen LogP contribution in [-0.2, 0) is 11.8 Å². The summed E-state index contributed by atoms with van der Waals surface area (Å²) in [5.41, 5.74) is 5.43. The van der Waals surface area contributed by atoms with Crippen molar-refractivity contribution < 1.29 is 24.3 Å². The number of oxime groups is 1. The van der Waals surface area contributed by atoms with E-state index in [0.29, 0.717) is 23.3 Å². The number of benzene rings is 3. The van der Waals surface area contributed by atoms with Gasteiger partial charge in [0.2, 0.25) is 5.56 Å². The average Bonchev–Trinajstić information content (AvgIpc) is 2.95. The number of nitrogens with one attached hydrogen (secondary N) is 1. The fourth-order valence-electron chi connectivity index (χ4n) is 4.59. The third-order valence-corrected chi connectivity index (χ3v) is 6.74. The minimum atomic E-state index is -1.12. The minimum Gasteiger partial charge on any atom is -0.480 e. The Morgan fingerprint density at radius 2 is 1.57 bits per heavy atom. The van der Waals surface area contributed by atoms with E-state index >= 15 is 0 Å². The van der Waals surface area contributed by atoms with Gasteiger partial charge in [0.25, 0.3) is 5.91 Å². The third kappa shape index (κ3) is 6.50. The fourth-order valence-corrected chi connectivity index (χ4v) is 4.59. The lowest BCUT2D eigenvalue weighted by molar-refractivity contribution is -0.135. The minimum absolute atomic E-state index is 0.184. The summed E-state index contributed by atoms with van der Waals surface area (Å²) in [5, 5.41) is 24.5. The number of nitrogens with zero attached hydrogens (tertiary/aromatic N) is 2. The molecule has 0 aliphatic carbocycles. The van der Waals surface area contributed by atoms with E-state index in [0.717, 1.165) is 27.8 Å². The monoisotopic (exact) mass is 541 g/mol. The molecule has 1 amide bonds. The normalized spacial score (nSPS) is 12.1. The van der Waals surface area contributed by atoms with Crippen LogP contribution in [0.3, 0.4) is 0 Å². The summed E-state index contributed by atoms with van der Waals surface area (Å²) in [6.45, 7) is 1.37. The van der Waals surface area contributed by atoms with Gasteiger partial charge in [0.15, 0.2) is 0 Å². The molecule has 0 saturated heterocycles. The molecule has 1 heterocycles. The third-order valence-electron chi connectivity index (χ3n) is 6.74. The molecule has 0 aliphatic rings. The molecule has 3 aromatic carbocycles. The number of carboxylic acid groups (broad SMARTS) is 1. The molecule has 4 rings (SSSR count). The molecular formula is C31H28FN3O5. The molecule has 1 unspecified atom stereocenters. The van der Waals surface area contributed by atoms with Gasteiger partial charge in [-0.3, -0.25) is 14.4 Å². The van der Waals surface area contributed by atoms with E-state index in [-0.39, 0.29) is 17.3 Å². The van der Waals surface area contributed by atoms with Crippen LogP contribution in [0.2, 0.25) is 0 Å². The Morgan fingerprint density at radius 3 is 2.15 bits per heavy atom. The standard InChI is InChI=1S/C31H28FN3O5/c1-19-15-25(32)12-13-26(19)27(16-28(34-40)24-11-14-29(36)35(2)18-24)22-7-3-20(4-8-22)21-5-9-23(10-6-21)31(39)33-17-30(37)38/h3-15,18,27,40H,16-17H2,1-2H3,(H,33,39)(H,37,38)/b34-28+. The van der Waals surface area contributed by atoms with E-state index in [4.69, 9.17) is 5.11 Å². The van der Waals surface area contributed by atoms with Gasteiger partial charge in [0, 0.05) is 42.8 Å². The molecule has 40 heavy (non-hydrogen) atoms. The lowest BCUT2D eigenvalue weighted by Gasteiger charge is -2.21. The van der Waals surface area contributed by atoms with Crippen LogP contribution in [0.5, 0.6) is 0 Å². The Kier molecular flexibility index (Phi) is 8.54. The molecule has 8 nitrogen and oxygen atoms in total. The number of hydrogen-bond acceptors (Lipinski definition) is 5. The molecule has 9 heteroatoms. The zero-order chi connectivity index (χ0) is 28.8. The summed E-state index contributed by atoms with van der Waals surface area (Å²) in [7, 11) is 1.62. The summed E-state index contributed by atoms with van der Waals surface area (Å²) >= 11 is 0. The molecule has 0 aliphatic heterocycles. The first kappa shape index (κ1) is 28.0. The highest BCUT2D eigenvalue weighted by Crippen LogP contribution is 2.33. The van der Waals surface area contributed by atoms with Gasteiger partial charge in [-0.15, -0.1) is 0 Å². The van der Waals surface area contributed by atoms with Crippen molar-refractivity contribution in [1.82, 2.24) is 9.88 Å². The first-order valence-corrected chi connectivity index (χ1v) is 12.5. The van der Waals surface area contributed by atoms with Crippen LogP contribution in [0.25, 0.3) is 11.1 Å². The number of carbonyl (C=O) groups excluding carboxylic acids is 1. The van der Waals surface area contributed by atoms with Crippen molar-refractivity contribution in [2.24, 2.45) is 12.2 Å². The fraction of sp³-hybridized carbons (Fsp3) is 0.161. The van der Waals surface area contributed by atoms with Gasteiger partial charge in [-0.2, -0.15) is 0 Å². The van der Waals surface area contributed by atoms with Crippen molar-refractivity contribution in [2.45, 2.75) is 19.3 Å². The SMILES string of the molecule is Cc1cc(F)ccc1C(C/C(=N\O)c1ccc(=O)n(C)c1)c1ccc(-c2ccc(C(=O)NCC(=O)O)cc2)cc1. The molecular weight excluding hydrogens is 513 g/mol. The molecule has 4 aromatic rings. The maximum atomic E-state index is 13.9. The highest BCUT2D eigenvalue weighted by atomic mass is 19.1. The topological polar surface area (TPSA) is 121 Å². The Labute approximate surface area is 230 Å². The van der Waals surface area contributed by atoms with E-state index in [1.807, 2.05) is 31.2 Å².